The molecule has 19 heavy (non-hydrogen) atoms. The third-order valence-corrected chi connectivity index (χ3v) is 2.98. The van der Waals surface area contributed by atoms with Crippen LogP contribution in [0, 0.1) is 0 Å². The summed E-state index contributed by atoms with van der Waals surface area (Å²) in [6.07, 6.45) is 2.43. The Balaban J connectivity index is 2.10. The Labute approximate surface area is 110 Å². The fourth-order valence-electron chi connectivity index (χ4n) is 2.07. The van der Waals surface area contributed by atoms with Crippen molar-refractivity contribution in [1.29, 1.82) is 0 Å². The Morgan fingerprint density at radius 2 is 1.74 bits per heavy atom. The molecule has 3 N–H and O–H groups in total. The van der Waals surface area contributed by atoms with Gasteiger partial charge in [-0.2, -0.15) is 5.10 Å². The molecule has 5 heteroatoms. The van der Waals surface area contributed by atoms with E-state index in [0.717, 1.165) is 22.2 Å². The smallest absolute Gasteiger partial charge is 0.170 e. The van der Waals surface area contributed by atoms with Crippen molar-refractivity contribution in [2.45, 2.75) is 6.42 Å². The zero-order valence-electron chi connectivity index (χ0n) is 10.2. The number of hydrazine groups is 1. The molecule has 0 spiro atoms. The van der Waals surface area contributed by atoms with Crippen LogP contribution in [0.15, 0.2) is 48.7 Å². The van der Waals surface area contributed by atoms with Crippen molar-refractivity contribution in [2.75, 3.05) is 5.43 Å². The number of hydrogen-bond acceptors (Lipinski definition) is 5. The van der Waals surface area contributed by atoms with Gasteiger partial charge in [0.15, 0.2) is 5.82 Å². The molecule has 0 aliphatic rings. The molecule has 5 nitrogen and oxygen atoms in total. The second-order valence-electron chi connectivity index (χ2n) is 4.18. The van der Waals surface area contributed by atoms with Crippen LogP contribution in [-0.4, -0.2) is 15.2 Å². The highest BCUT2D eigenvalue weighted by atomic mass is 15.3. The summed E-state index contributed by atoms with van der Waals surface area (Å²) < 4.78 is 0. The SMILES string of the molecule is NNc1nnc(Cc2ccccn2)c2ccccc12. The second-order valence-corrected chi connectivity index (χ2v) is 4.18. The first kappa shape index (κ1) is 11.6. The lowest BCUT2D eigenvalue weighted by atomic mass is 10.1. The van der Waals surface area contributed by atoms with E-state index >= 15 is 0 Å². The average Bonchev–Trinajstić information content (AvgIpc) is 2.49. The monoisotopic (exact) mass is 251 g/mol. The summed E-state index contributed by atoms with van der Waals surface area (Å²) in [5, 5.41) is 10.3. The van der Waals surface area contributed by atoms with Gasteiger partial charge in [0.2, 0.25) is 0 Å². The van der Waals surface area contributed by atoms with Gasteiger partial charge in [-0.25, -0.2) is 5.84 Å². The van der Waals surface area contributed by atoms with Crippen molar-refractivity contribution in [3.63, 3.8) is 0 Å². The fraction of sp³-hybridized carbons (Fsp3) is 0.0714. The fourth-order valence-corrected chi connectivity index (χ4v) is 2.07. The average molecular weight is 251 g/mol. The first-order chi connectivity index (χ1) is 9.38. The highest BCUT2D eigenvalue weighted by Crippen LogP contribution is 2.23. The number of pyridine rings is 1. The van der Waals surface area contributed by atoms with Crippen LogP contribution in [-0.2, 0) is 6.42 Å². The molecule has 1 aromatic carbocycles. The first-order valence-electron chi connectivity index (χ1n) is 5.99. The molecule has 0 saturated heterocycles. The maximum atomic E-state index is 5.45. The molecule has 2 heterocycles. The quantitative estimate of drug-likeness (QED) is 0.549. The molecule has 0 aliphatic carbocycles. The summed E-state index contributed by atoms with van der Waals surface area (Å²) in [5.74, 6) is 6.04. The molecule has 0 unspecified atom stereocenters. The van der Waals surface area contributed by atoms with E-state index < -0.39 is 0 Å². The van der Waals surface area contributed by atoms with Gasteiger partial charge in [0.1, 0.15) is 0 Å². The summed E-state index contributed by atoms with van der Waals surface area (Å²) in [7, 11) is 0. The molecule has 0 fully saturated rings. The van der Waals surface area contributed by atoms with Crippen molar-refractivity contribution in [1.82, 2.24) is 15.2 Å². The Morgan fingerprint density at radius 1 is 0.947 bits per heavy atom. The Morgan fingerprint density at radius 3 is 2.47 bits per heavy atom. The number of aromatic nitrogens is 3. The molecule has 0 atom stereocenters. The van der Waals surface area contributed by atoms with Gasteiger partial charge in [0.05, 0.1) is 5.69 Å². The minimum absolute atomic E-state index is 0.584. The van der Waals surface area contributed by atoms with Crippen LogP contribution in [0.4, 0.5) is 5.82 Å². The standard InChI is InChI=1S/C14H13N5/c15-17-14-12-7-2-1-6-11(12)13(18-19-14)9-10-5-3-4-8-16-10/h1-8H,9,15H2,(H,17,19). The van der Waals surface area contributed by atoms with Crippen LogP contribution < -0.4 is 11.3 Å². The van der Waals surface area contributed by atoms with Crippen LogP contribution in [0.5, 0.6) is 0 Å². The number of nitrogens with zero attached hydrogens (tertiary/aromatic N) is 3. The Hall–Kier alpha value is -2.53. The minimum atomic E-state index is 0.584. The molecule has 0 radical (unpaired) electrons. The van der Waals surface area contributed by atoms with Crippen molar-refractivity contribution < 1.29 is 0 Å². The zero-order valence-corrected chi connectivity index (χ0v) is 10.2. The molecule has 94 valence electrons. The molecule has 0 saturated carbocycles. The third kappa shape index (κ3) is 2.23. The van der Waals surface area contributed by atoms with E-state index in [2.05, 4.69) is 20.6 Å². The van der Waals surface area contributed by atoms with Crippen LogP contribution >= 0.6 is 0 Å². The van der Waals surface area contributed by atoms with Gasteiger partial charge in [-0.15, -0.1) is 5.10 Å². The van der Waals surface area contributed by atoms with E-state index in [9.17, 15) is 0 Å². The van der Waals surface area contributed by atoms with E-state index in [4.69, 9.17) is 5.84 Å². The summed E-state index contributed by atoms with van der Waals surface area (Å²) in [6.45, 7) is 0. The highest BCUT2D eigenvalue weighted by molar-refractivity contribution is 5.92. The predicted octanol–water partition coefficient (Wildman–Crippen LogP) is 1.90. The predicted molar refractivity (Wildman–Crippen MR) is 74.4 cm³/mol. The van der Waals surface area contributed by atoms with Gasteiger partial charge >= 0.3 is 0 Å². The molecule has 0 bridgehead atoms. The molecule has 3 aromatic rings. The van der Waals surface area contributed by atoms with Crippen molar-refractivity contribution >= 4 is 16.6 Å². The molecular formula is C14H13N5. The minimum Gasteiger partial charge on any atom is -0.306 e. The van der Waals surface area contributed by atoms with E-state index in [0.29, 0.717) is 12.2 Å². The van der Waals surface area contributed by atoms with E-state index in [1.807, 2.05) is 42.5 Å². The van der Waals surface area contributed by atoms with E-state index in [-0.39, 0.29) is 0 Å². The molecule has 3 rings (SSSR count). The highest BCUT2D eigenvalue weighted by Gasteiger charge is 2.08. The maximum absolute atomic E-state index is 5.45. The number of hydrogen-bond donors (Lipinski definition) is 2. The number of benzene rings is 1. The lowest BCUT2D eigenvalue weighted by molar-refractivity contribution is 0.935. The van der Waals surface area contributed by atoms with Gasteiger partial charge in [0, 0.05) is 29.1 Å². The second kappa shape index (κ2) is 4.99. The van der Waals surface area contributed by atoms with Crippen LogP contribution in [0.3, 0.4) is 0 Å². The van der Waals surface area contributed by atoms with E-state index in [1.54, 1.807) is 6.20 Å². The summed E-state index contributed by atoms with van der Waals surface area (Å²) in [6, 6.07) is 13.8. The molecule has 0 amide bonds. The van der Waals surface area contributed by atoms with Gasteiger partial charge in [-0.1, -0.05) is 30.3 Å². The van der Waals surface area contributed by atoms with Crippen molar-refractivity contribution in [3.05, 3.63) is 60.0 Å². The number of nitrogens with one attached hydrogen (secondary N) is 1. The molecular weight excluding hydrogens is 238 g/mol. The topological polar surface area (TPSA) is 76.7 Å². The number of anilines is 1. The van der Waals surface area contributed by atoms with Gasteiger partial charge < -0.3 is 5.43 Å². The van der Waals surface area contributed by atoms with Crippen molar-refractivity contribution in [2.24, 2.45) is 5.84 Å². The number of rotatable bonds is 3. The number of nitrogen functional groups attached to an aromatic ring is 1. The lowest BCUT2D eigenvalue weighted by Gasteiger charge is -2.08. The van der Waals surface area contributed by atoms with Gasteiger partial charge in [0.25, 0.3) is 0 Å². The van der Waals surface area contributed by atoms with Crippen LogP contribution in [0.25, 0.3) is 10.8 Å². The first-order valence-corrected chi connectivity index (χ1v) is 5.99. The number of nitrogens with two attached hydrogens (primary N) is 1. The summed E-state index contributed by atoms with van der Waals surface area (Å²) in [5.41, 5.74) is 4.44. The Bertz CT molecular complexity index is 697. The molecule has 2 aromatic heterocycles. The van der Waals surface area contributed by atoms with Crippen LogP contribution in [0.1, 0.15) is 11.4 Å². The summed E-state index contributed by atoms with van der Waals surface area (Å²) in [4.78, 5) is 4.32. The molecule has 0 aliphatic heterocycles. The summed E-state index contributed by atoms with van der Waals surface area (Å²) >= 11 is 0. The zero-order chi connectivity index (χ0) is 13.1. The maximum Gasteiger partial charge on any atom is 0.170 e. The third-order valence-electron chi connectivity index (χ3n) is 2.98. The normalized spacial score (nSPS) is 10.6. The van der Waals surface area contributed by atoms with Crippen LogP contribution in [0.2, 0.25) is 0 Å². The van der Waals surface area contributed by atoms with Crippen molar-refractivity contribution in [3.8, 4) is 0 Å². The lowest BCUT2D eigenvalue weighted by Crippen LogP contribution is -2.11. The Kier molecular flexibility index (Phi) is 3.04. The number of fused-ring (bicyclic) bond motifs is 1. The largest absolute Gasteiger partial charge is 0.306 e. The van der Waals surface area contributed by atoms with Gasteiger partial charge in [-0.3, -0.25) is 4.98 Å². The van der Waals surface area contributed by atoms with E-state index in [1.165, 1.54) is 0 Å². The van der Waals surface area contributed by atoms with Gasteiger partial charge in [-0.05, 0) is 12.1 Å².